The molecule has 1 heterocycles. The molecule has 2 rings (SSSR count). The highest BCUT2D eigenvalue weighted by Crippen LogP contribution is 2.10. The third kappa shape index (κ3) is 4.32. The molecule has 0 atom stereocenters. The first-order valence-electron chi connectivity index (χ1n) is 7.51. The molecule has 0 fully saturated rings. The molecular weight excluding hydrogens is 276 g/mol. The molecule has 1 amide bonds. The zero-order valence-corrected chi connectivity index (χ0v) is 13.4. The fourth-order valence-electron chi connectivity index (χ4n) is 2.20. The smallest absolute Gasteiger partial charge is 0.286 e. The summed E-state index contributed by atoms with van der Waals surface area (Å²) in [6.07, 6.45) is 3.01. The molecule has 4 heteroatoms. The fraction of sp³-hybridized carbons (Fsp3) is 0.333. The van der Waals surface area contributed by atoms with Crippen molar-refractivity contribution in [2.75, 3.05) is 7.11 Å². The van der Waals surface area contributed by atoms with Gasteiger partial charge in [0.2, 0.25) is 6.54 Å². The predicted molar refractivity (Wildman–Crippen MR) is 85.6 cm³/mol. The number of carbonyl (C=O) groups excluding carboxylic acids is 1. The van der Waals surface area contributed by atoms with Crippen molar-refractivity contribution >= 4 is 5.91 Å². The molecule has 0 bridgehead atoms. The van der Waals surface area contributed by atoms with E-state index in [9.17, 15) is 4.79 Å². The minimum atomic E-state index is 0.0113. The summed E-state index contributed by atoms with van der Waals surface area (Å²) in [6, 6.07) is 11.8. The quantitative estimate of drug-likeness (QED) is 0.831. The highest BCUT2D eigenvalue weighted by molar-refractivity contribution is 5.74. The van der Waals surface area contributed by atoms with Gasteiger partial charge in [0.05, 0.1) is 7.11 Å². The van der Waals surface area contributed by atoms with Crippen LogP contribution in [0.25, 0.3) is 0 Å². The SMILES string of the molecule is CCc1ccc(C)[n+](CC(=O)NCc2ccc(OC)cc2)c1. The van der Waals surface area contributed by atoms with E-state index in [1.165, 1.54) is 5.56 Å². The highest BCUT2D eigenvalue weighted by Gasteiger charge is 2.12. The number of rotatable bonds is 6. The van der Waals surface area contributed by atoms with Crippen LogP contribution < -0.4 is 14.6 Å². The van der Waals surface area contributed by atoms with Gasteiger partial charge in [-0.2, -0.15) is 4.57 Å². The van der Waals surface area contributed by atoms with E-state index in [0.29, 0.717) is 13.1 Å². The van der Waals surface area contributed by atoms with Gasteiger partial charge in [0.25, 0.3) is 5.91 Å². The molecule has 0 saturated carbocycles. The van der Waals surface area contributed by atoms with Crippen molar-refractivity contribution < 1.29 is 14.1 Å². The van der Waals surface area contributed by atoms with Gasteiger partial charge in [0.15, 0.2) is 11.9 Å². The fourth-order valence-corrected chi connectivity index (χ4v) is 2.20. The van der Waals surface area contributed by atoms with Crippen LogP contribution in [0.3, 0.4) is 0 Å². The zero-order valence-electron chi connectivity index (χ0n) is 13.4. The first-order chi connectivity index (χ1) is 10.6. The van der Waals surface area contributed by atoms with Gasteiger partial charge in [0, 0.05) is 25.1 Å². The van der Waals surface area contributed by atoms with Crippen molar-refractivity contribution in [1.29, 1.82) is 0 Å². The second-order valence-electron chi connectivity index (χ2n) is 5.28. The van der Waals surface area contributed by atoms with Crippen molar-refractivity contribution in [3.05, 3.63) is 59.4 Å². The number of aryl methyl sites for hydroxylation is 2. The zero-order chi connectivity index (χ0) is 15.9. The summed E-state index contributed by atoms with van der Waals surface area (Å²) in [5.74, 6) is 0.829. The minimum Gasteiger partial charge on any atom is -0.497 e. The summed E-state index contributed by atoms with van der Waals surface area (Å²) in [5.41, 5.74) is 3.36. The van der Waals surface area contributed by atoms with Crippen molar-refractivity contribution in [2.45, 2.75) is 33.4 Å². The lowest BCUT2D eigenvalue weighted by Gasteiger charge is -2.06. The van der Waals surface area contributed by atoms with Crippen molar-refractivity contribution in [3.63, 3.8) is 0 Å². The maximum atomic E-state index is 12.1. The second kappa shape index (κ2) is 7.59. The van der Waals surface area contributed by atoms with E-state index < -0.39 is 0 Å². The first kappa shape index (κ1) is 16.0. The van der Waals surface area contributed by atoms with Crippen LogP contribution in [-0.4, -0.2) is 13.0 Å². The molecule has 0 radical (unpaired) electrons. The number of carbonyl (C=O) groups is 1. The van der Waals surface area contributed by atoms with Crippen LogP contribution in [0.15, 0.2) is 42.6 Å². The number of amides is 1. The average Bonchev–Trinajstić information content (AvgIpc) is 2.55. The summed E-state index contributed by atoms with van der Waals surface area (Å²) < 4.78 is 7.11. The number of hydrogen-bond acceptors (Lipinski definition) is 2. The van der Waals surface area contributed by atoms with E-state index >= 15 is 0 Å². The molecule has 0 aliphatic carbocycles. The van der Waals surface area contributed by atoms with E-state index in [1.54, 1.807) is 7.11 Å². The number of nitrogens with one attached hydrogen (secondary N) is 1. The van der Waals surface area contributed by atoms with E-state index in [-0.39, 0.29) is 5.91 Å². The molecular formula is C18H23N2O2+. The van der Waals surface area contributed by atoms with E-state index in [2.05, 4.69) is 24.4 Å². The third-order valence-corrected chi connectivity index (χ3v) is 3.68. The van der Waals surface area contributed by atoms with Gasteiger partial charge in [-0.15, -0.1) is 0 Å². The lowest BCUT2D eigenvalue weighted by atomic mass is 10.2. The third-order valence-electron chi connectivity index (χ3n) is 3.68. The molecule has 0 spiro atoms. The van der Waals surface area contributed by atoms with Gasteiger partial charge in [-0.3, -0.25) is 4.79 Å². The standard InChI is InChI=1S/C18H22N2O2/c1-4-15-6-5-14(2)20(12-15)13-18(21)19-11-16-7-9-17(22-3)10-8-16/h5-10,12H,4,11,13H2,1-3H3/p+1. The molecule has 116 valence electrons. The number of methoxy groups -OCH3 is 1. The van der Waals surface area contributed by atoms with Crippen LogP contribution >= 0.6 is 0 Å². The van der Waals surface area contributed by atoms with Crippen LogP contribution in [0.4, 0.5) is 0 Å². The largest absolute Gasteiger partial charge is 0.497 e. The van der Waals surface area contributed by atoms with Crippen molar-refractivity contribution in [3.8, 4) is 5.75 Å². The lowest BCUT2D eigenvalue weighted by molar-refractivity contribution is -0.690. The van der Waals surface area contributed by atoms with Crippen LogP contribution in [0.5, 0.6) is 5.75 Å². The Hall–Kier alpha value is -2.36. The molecule has 0 unspecified atom stereocenters. The maximum Gasteiger partial charge on any atom is 0.286 e. The highest BCUT2D eigenvalue weighted by atomic mass is 16.5. The Morgan fingerprint density at radius 2 is 1.82 bits per heavy atom. The van der Waals surface area contributed by atoms with E-state index in [0.717, 1.165) is 23.4 Å². The summed E-state index contributed by atoms with van der Waals surface area (Å²) in [5, 5.41) is 2.95. The number of nitrogens with zero attached hydrogens (tertiary/aromatic N) is 1. The molecule has 0 aliphatic rings. The summed E-state index contributed by atoms with van der Waals surface area (Å²) in [6.45, 7) is 4.99. The van der Waals surface area contributed by atoms with Crippen molar-refractivity contribution in [2.24, 2.45) is 0 Å². The van der Waals surface area contributed by atoms with Crippen LogP contribution in [0, 0.1) is 6.92 Å². The topological polar surface area (TPSA) is 42.2 Å². The van der Waals surface area contributed by atoms with Gasteiger partial charge < -0.3 is 10.1 Å². The van der Waals surface area contributed by atoms with Crippen LogP contribution in [-0.2, 0) is 24.3 Å². The van der Waals surface area contributed by atoms with Crippen molar-refractivity contribution in [1.82, 2.24) is 5.32 Å². The second-order valence-corrected chi connectivity index (χ2v) is 5.28. The maximum absolute atomic E-state index is 12.1. The van der Waals surface area contributed by atoms with Crippen LogP contribution in [0.1, 0.15) is 23.7 Å². The summed E-state index contributed by atoms with van der Waals surface area (Å²) in [7, 11) is 1.64. The number of pyridine rings is 1. The van der Waals surface area contributed by atoms with E-state index in [4.69, 9.17) is 4.74 Å². The molecule has 0 aliphatic heterocycles. The number of hydrogen-bond donors (Lipinski definition) is 1. The number of ether oxygens (including phenoxy) is 1. The molecule has 1 aromatic heterocycles. The van der Waals surface area contributed by atoms with Gasteiger partial charge in [-0.05, 0) is 30.2 Å². The Bertz CT molecular complexity index is 636. The van der Waals surface area contributed by atoms with Gasteiger partial charge in [-0.25, -0.2) is 0 Å². The van der Waals surface area contributed by atoms with Gasteiger partial charge in [-0.1, -0.05) is 19.1 Å². The summed E-state index contributed by atoms with van der Waals surface area (Å²) in [4.78, 5) is 12.1. The Morgan fingerprint density at radius 1 is 1.14 bits per heavy atom. The first-order valence-corrected chi connectivity index (χ1v) is 7.51. The normalized spacial score (nSPS) is 10.3. The Labute approximate surface area is 131 Å². The monoisotopic (exact) mass is 299 g/mol. The predicted octanol–water partition coefficient (Wildman–Crippen LogP) is 2.17. The average molecular weight is 299 g/mol. The van der Waals surface area contributed by atoms with Gasteiger partial charge in [0.1, 0.15) is 5.75 Å². The molecule has 1 N–H and O–H groups in total. The van der Waals surface area contributed by atoms with E-state index in [1.807, 2.05) is 42.0 Å². The Morgan fingerprint density at radius 3 is 2.45 bits per heavy atom. The Balaban J connectivity index is 1.92. The number of benzene rings is 1. The number of aromatic nitrogens is 1. The molecule has 22 heavy (non-hydrogen) atoms. The summed E-state index contributed by atoms with van der Waals surface area (Å²) >= 11 is 0. The Kier molecular flexibility index (Phi) is 5.53. The minimum absolute atomic E-state index is 0.0113. The molecule has 4 nitrogen and oxygen atoms in total. The molecule has 1 aromatic carbocycles. The lowest BCUT2D eigenvalue weighted by Crippen LogP contribution is -2.45. The van der Waals surface area contributed by atoms with Crippen LogP contribution in [0.2, 0.25) is 0 Å². The molecule has 2 aromatic rings. The molecule has 0 saturated heterocycles. The van der Waals surface area contributed by atoms with Gasteiger partial charge >= 0.3 is 0 Å².